The molecule has 0 saturated carbocycles. The van der Waals surface area contributed by atoms with Gasteiger partial charge in [0.25, 0.3) is 5.91 Å². The highest BCUT2D eigenvalue weighted by Gasteiger charge is 2.34. The van der Waals surface area contributed by atoms with E-state index in [2.05, 4.69) is 10.3 Å². The minimum absolute atomic E-state index is 0.0208. The van der Waals surface area contributed by atoms with Gasteiger partial charge in [0.15, 0.2) is 0 Å². The number of ether oxygens (including phenoxy) is 1. The van der Waals surface area contributed by atoms with Gasteiger partial charge in [0.05, 0.1) is 23.4 Å². The number of hydrogen-bond donors (Lipinski definition) is 1. The second-order valence-corrected chi connectivity index (χ2v) is 6.38. The predicted molar refractivity (Wildman–Crippen MR) is 89.6 cm³/mol. The monoisotopic (exact) mass is 382 g/mol. The Balaban J connectivity index is 1.85. The first-order valence-electron chi connectivity index (χ1n) is 8.48. The predicted octanol–water partition coefficient (Wildman–Crippen LogP) is 4.20. The summed E-state index contributed by atoms with van der Waals surface area (Å²) < 4.78 is 57.2. The van der Waals surface area contributed by atoms with Gasteiger partial charge in [0.2, 0.25) is 0 Å². The first-order valence-corrected chi connectivity index (χ1v) is 8.48. The van der Waals surface area contributed by atoms with Crippen LogP contribution in [0.1, 0.15) is 46.2 Å². The van der Waals surface area contributed by atoms with E-state index in [0.717, 1.165) is 18.6 Å². The molecule has 2 aromatic rings. The summed E-state index contributed by atoms with van der Waals surface area (Å²) in [6, 6.07) is 7.03. The van der Waals surface area contributed by atoms with E-state index in [-0.39, 0.29) is 17.4 Å². The van der Waals surface area contributed by atoms with Gasteiger partial charge < -0.3 is 10.1 Å². The number of hydrogen-bond acceptors (Lipinski definition) is 3. The Bertz CT molecular complexity index is 815. The number of carbonyl (C=O) groups is 1. The minimum atomic E-state index is -4.58. The molecule has 0 aliphatic carbocycles. The van der Waals surface area contributed by atoms with E-state index in [1.165, 1.54) is 19.1 Å². The van der Waals surface area contributed by atoms with Crippen molar-refractivity contribution in [3.8, 4) is 0 Å². The van der Waals surface area contributed by atoms with E-state index in [0.29, 0.717) is 18.6 Å². The van der Waals surface area contributed by atoms with Crippen LogP contribution >= 0.6 is 0 Å². The molecule has 8 heteroatoms. The van der Waals surface area contributed by atoms with Crippen LogP contribution < -0.4 is 5.32 Å². The number of nitrogens with one attached hydrogen (secondary N) is 1. The van der Waals surface area contributed by atoms with Gasteiger partial charge in [-0.3, -0.25) is 4.79 Å². The highest BCUT2D eigenvalue weighted by molar-refractivity contribution is 5.95. The number of alkyl halides is 3. The summed E-state index contributed by atoms with van der Waals surface area (Å²) in [6.07, 6.45) is -3.32. The van der Waals surface area contributed by atoms with E-state index in [4.69, 9.17) is 4.74 Å². The Labute approximate surface area is 153 Å². The highest BCUT2D eigenvalue weighted by atomic mass is 19.4. The molecule has 27 heavy (non-hydrogen) atoms. The molecule has 4 nitrogen and oxygen atoms in total. The Morgan fingerprint density at radius 1 is 1.22 bits per heavy atom. The third-order valence-electron chi connectivity index (χ3n) is 4.47. The van der Waals surface area contributed by atoms with Crippen molar-refractivity contribution < 1.29 is 27.1 Å². The third-order valence-corrected chi connectivity index (χ3v) is 4.47. The standard InChI is InChI=1S/C19H18F4N2O2/c1-11-14(8-9-16(24-11)19(21,22)23)18(26)25-17(15-3-2-10-27-15)12-4-6-13(20)7-5-12/h4-9,15,17H,2-3,10H2,1H3,(H,25,26)/t15-,17-/m0/s1. The molecular formula is C19H18F4N2O2. The van der Waals surface area contributed by atoms with Gasteiger partial charge >= 0.3 is 6.18 Å². The van der Waals surface area contributed by atoms with Crippen molar-refractivity contribution in [3.05, 3.63) is 64.7 Å². The maximum Gasteiger partial charge on any atom is 0.433 e. The van der Waals surface area contributed by atoms with Crippen LogP contribution in [0.15, 0.2) is 36.4 Å². The maximum atomic E-state index is 13.2. The van der Waals surface area contributed by atoms with E-state index in [9.17, 15) is 22.4 Å². The molecular weight excluding hydrogens is 364 g/mol. The number of nitrogens with zero attached hydrogens (tertiary/aromatic N) is 1. The van der Waals surface area contributed by atoms with Crippen molar-refractivity contribution in [3.63, 3.8) is 0 Å². The van der Waals surface area contributed by atoms with Crippen molar-refractivity contribution in [2.45, 2.75) is 38.1 Å². The number of aromatic nitrogens is 1. The Kier molecular flexibility index (Phi) is 5.46. The molecule has 0 unspecified atom stereocenters. The van der Waals surface area contributed by atoms with E-state index < -0.39 is 29.6 Å². The normalized spacial score (nSPS) is 18.3. The number of amides is 1. The van der Waals surface area contributed by atoms with Crippen LogP contribution in [0.2, 0.25) is 0 Å². The maximum absolute atomic E-state index is 13.2. The van der Waals surface area contributed by atoms with Crippen molar-refractivity contribution in [1.82, 2.24) is 10.3 Å². The van der Waals surface area contributed by atoms with Crippen LogP contribution in [0.3, 0.4) is 0 Å². The van der Waals surface area contributed by atoms with Crippen LogP contribution in [0, 0.1) is 12.7 Å². The molecule has 0 radical (unpaired) electrons. The summed E-state index contributed by atoms with van der Waals surface area (Å²) in [5, 5.41) is 2.80. The largest absolute Gasteiger partial charge is 0.433 e. The van der Waals surface area contributed by atoms with Gasteiger partial charge in [-0.15, -0.1) is 0 Å². The van der Waals surface area contributed by atoms with Crippen LogP contribution in [0.4, 0.5) is 17.6 Å². The number of rotatable bonds is 4. The number of halogens is 4. The molecule has 2 heterocycles. The number of carbonyl (C=O) groups excluding carboxylic acids is 1. The molecule has 3 rings (SSSR count). The average Bonchev–Trinajstić information content (AvgIpc) is 3.14. The summed E-state index contributed by atoms with van der Waals surface area (Å²) >= 11 is 0. The lowest BCUT2D eigenvalue weighted by molar-refractivity contribution is -0.141. The van der Waals surface area contributed by atoms with Crippen molar-refractivity contribution in [2.75, 3.05) is 6.61 Å². The summed E-state index contributed by atoms with van der Waals surface area (Å²) in [5.41, 5.74) is -0.361. The number of pyridine rings is 1. The smallest absolute Gasteiger partial charge is 0.376 e. The molecule has 1 amide bonds. The quantitative estimate of drug-likeness (QED) is 0.807. The number of benzene rings is 1. The molecule has 1 aliphatic rings. The van der Waals surface area contributed by atoms with E-state index in [1.807, 2.05) is 0 Å². The fourth-order valence-electron chi connectivity index (χ4n) is 3.10. The Morgan fingerprint density at radius 2 is 1.93 bits per heavy atom. The molecule has 1 aromatic carbocycles. The second kappa shape index (κ2) is 7.64. The van der Waals surface area contributed by atoms with Gasteiger partial charge in [-0.05, 0) is 49.6 Å². The van der Waals surface area contributed by atoms with Crippen LogP contribution in [0.25, 0.3) is 0 Å². The lowest BCUT2D eigenvalue weighted by Crippen LogP contribution is -2.36. The topological polar surface area (TPSA) is 51.2 Å². The highest BCUT2D eigenvalue weighted by Crippen LogP contribution is 2.30. The van der Waals surface area contributed by atoms with E-state index >= 15 is 0 Å². The zero-order valence-corrected chi connectivity index (χ0v) is 14.5. The molecule has 1 aliphatic heterocycles. The fourth-order valence-corrected chi connectivity index (χ4v) is 3.10. The van der Waals surface area contributed by atoms with Crippen molar-refractivity contribution >= 4 is 5.91 Å². The lowest BCUT2D eigenvalue weighted by Gasteiger charge is -2.25. The molecule has 1 saturated heterocycles. The fraction of sp³-hybridized carbons (Fsp3) is 0.368. The zero-order valence-electron chi connectivity index (χ0n) is 14.5. The van der Waals surface area contributed by atoms with Crippen molar-refractivity contribution in [1.29, 1.82) is 0 Å². The SMILES string of the molecule is Cc1nc(C(F)(F)F)ccc1C(=O)N[C@@H](c1ccc(F)cc1)[C@@H]1CCCO1. The van der Waals surface area contributed by atoms with Gasteiger partial charge in [-0.1, -0.05) is 12.1 Å². The number of aryl methyl sites for hydroxylation is 1. The first-order chi connectivity index (χ1) is 12.8. The lowest BCUT2D eigenvalue weighted by atomic mass is 9.98. The molecule has 1 fully saturated rings. The third kappa shape index (κ3) is 4.44. The van der Waals surface area contributed by atoms with Crippen LogP contribution in [-0.2, 0) is 10.9 Å². The minimum Gasteiger partial charge on any atom is -0.376 e. The first kappa shape index (κ1) is 19.3. The van der Waals surface area contributed by atoms with E-state index in [1.54, 1.807) is 12.1 Å². The van der Waals surface area contributed by atoms with Crippen LogP contribution in [-0.4, -0.2) is 23.6 Å². The Hall–Kier alpha value is -2.48. The summed E-state index contributed by atoms with van der Waals surface area (Å²) in [7, 11) is 0. The van der Waals surface area contributed by atoms with Gasteiger partial charge in [0, 0.05) is 6.61 Å². The molecule has 2 atom stereocenters. The molecule has 144 valence electrons. The van der Waals surface area contributed by atoms with Gasteiger partial charge in [0.1, 0.15) is 11.5 Å². The Morgan fingerprint density at radius 3 is 2.48 bits per heavy atom. The summed E-state index contributed by atoms with van der Waals surface area (Å²) in [6.45, 7) is 1.90. The summed E-state index contributed by atoms with van der Waals surface area (Å²) in [5.74, 6) is -0.961. The second-order valence-electron chi connectivity index (χ2n) is 6.38. The summed E-state index contributed by atoms with van der Waals surface area (Å²) in [4.78, 5) is 16.2. The molecule has 1 aromatic heterocycles. The molecule has 1 N–H and O–H groups in total. The average molecular weight is 382 g/mol. The van der Waals surface area contributed by atoms with Crippen LogP contribution in [0.5, 0.6) is 0 Å². The van der Waals surface area contributed by atoms with Crippen molar-refractivity contribution in [2.24, 2.45) is 0 Å². The molecule has 0 spiro atoms. The van der Waals surface area contributed by atoms with Gasteiger partial charge in [-0.2, -0.15) is 13.2 Å². The zero-order chi connectivity index (χ0) is 19.6. The molecule has 0 bridgehead atoms. The van der Waals surface area contributed by atoms with Gasteiger partial charge in [-0.25, -0.2) is 9.37 Å².